The van der Waals surface area contributed by atoms with E-state index in [0.717, 1.165) is 12.0 Å². The topological polar surface area (TPSA) is 59.1 Å². The van der Waals surface area contributed by atoms with Crippen LogP contribution in [0.15, 0.2) is 23.4 Å². The molecule has 1 rings (SSSR count). The summed E-state index contributed by atoms with van der Waals surface area (Å²) in [5, 5.41) is 0.0960. The fraction of sp³-hybridized carbons (Fsp3) is 0.444. The highest BCUT2D eigenvalue weighted by Crippen LogP contribution is 2.07. The second kappa shape index (κ2) is 4.52. The lowest BCUT2D eigenvalue weighted by molar-refractivity contribution is 0.580. The van der Waals surface area contributed by atoms with Crippen LogP contribution >= 0.6 is 0 Å². The predicted octanol–water partition coefficient (Wildman–Crippen LogP) is 0.942. The molecule has 1 aromatic rings. The zero-order valence-corrected chi connectivity index (χ0v) is 9.13. The van der Waals surface area contributed by atoms with Crippen LogP contribution < -0.4 is 4.72 Å². The molecule has 4 nitrogen and oxygen atoms in total. The van der Waals surface area contributed by atoms with Gasteiger partial charge in [-0.15, -0.1) is 0 Å². The molecule has 0 saturated heterocycles. The molecule has 0 spiro atoms. The van der Waals surface area contributed by atoms with Crippen LogP contribution in [-0.4, -0.2) is 19.9 Å². The first-order chi connectivity index (χ1) is 6.60. The van der Waals surface area contributed by atoms with Gasteiger partial charge in [-0.2, -0.15) is 0 Å². The molecule has 0 aliphatic carbocycles. The molecule has 0 unspecified atom stereocenters. The highest BCUT2D eigenvalue weighted by molar-refractivity contribution is 7.89. The first-order valence-electron chi connectivity index (χ1n) is 4.54. The number of nitrogens with zero attached hydrogens (tertiary/aromatic N) is 1. The molecule has 0 aromatic carbocycles. The molecule has 0 atom stereocenters. The van der Waals surface area contributed by atoms with Gasteiger partial charge in [0.15, 0.2) is 5.03 Å². The third kappa shape index (κ3) is 2.52. The fourth-order valence-corrected chi connectivity index (χ4v) is 2.12. The Kier molecular flexibility index (Phi) is 3.60. The van der Waals surface area contributed by atoms with Crippen molar-refractivity contribution in [2.75, 3.05) is 6.54 Å². The van der Waals surface area contributed by atoms with E-state index in [2.05, 4.69) is 9.71 Å². The first kappa shape index (κ1) is 11.1. The third-order valence-electron chi connectivity index (χ3n) is 1.82. The van der Waals surface area contributed by atoms with Gasteiger partial charge in [-0.1, -0.05) is 13.8 Å². The van der Waals surface area contributed by atoms with Crippen molar-refractivity contribution >= 4 is 10.0 Å². The Morgan fingerprint density at radius 3 is 2.71 bits per heavy atom. The summed E-state index contributed by atoms with van der Waals surface area (Å²) in [5.41, 5.74) is 0.969. The zero-order valence-electron chi connectivity index (χ0n) is 8.32. The maximum atomic E-state index is 11.5. The fourth-order valence-electron chi connectivity index (χ4n) is 1.08. The van der Waals surface area contributed by atoms with E-state index in [9.17, 15) is 8.42 Å². The van der Waals surface area contributed by atoms with Crippen molar-refractivity contribution in [2.24, 2.45) is 0 Å². The SMILES string of the molecule is CCNS(=O)(=O)c1cc(CC)ccn1. The largest absolute Gasteiger partial charge is 0.258 e. The number of nitrogens with one attached hydrogen (secondary N) is 1. The highest BCUT2D eigenvalue weighted by atomic mass is 32.2. The predicted molar refractivity (Wildman–Crippen MR) is 54.5 cm³/mol. The summed E-state index contributed by atoms with van der Waals surface area (Å²) in [6, 6.07) is 3.41. The van der Waals surface area contributed by atoms with Crippen LogP contribution in [-0.2, 0) is 16.4 Å². The lowest BCUT2D eigenvalue weighted by atomic mass is 10.2. The number of hydrogen-bond acceptors (Lipinski definition) is 3. The molecular formula is C9H14N2O2S. The Hall–Kier alpha value is -0.940. The molecular weight excluding hydrogens is 200 g/mol. The lowest BCUT2D eigenvalue weighted by Crippen LogP contribution is -2.24. The molecule has 5 heteroatoms. The van der Waals surface area contributed by atoms with E-state index in [1.54, 1.807) is 13.0 Å². The maximum Gasteiger partial charge on any atom is 0.258 e. The molecule has 14 heavy (non-hydrogen) atoms. The van der Waals surface area contributed by atoms with Gasteiger partial charge in [0.1, 0.15) is 0 Å². The van der Waals surface area contributed by atoms with Crippen LogP contribution in [0.5, 0.6) is 0 Å². The Morgan fingerprint density at radius 2 is 2.14 bits per heavy atom. The van der Waals surface area contributed by atoms with Crippen LogP contribution in [0.2, 0.25) is 0 Å². The summed E-state index contributed by atoms with van der Waals surface area (Å²) >= 11 is 0. The van der Waals surface area contributed by atoms with Gasteiger partial charge in [-0.3, -0.25) is 0 Å². The van der Waals surface area contributed by atoms with Gasteiger partial charge in [0.2, 0.25) is 0 Å². The highest BCUT2D eigenvalue weighted by Gasteiger charge is 2.13. The minimum Gasteiger partial charge on any atom is -0.243 e. The van der Waals surface area contributed by atoms with Crippen LogP contribution in [0, 0.1) is 0 Å². The quantitative estimate of drug-likeness (QED) is 0.811. The van der Waals surface area contributed by atoms with Gasteiger partial charge >= 0.3 is 0 Å². The van der Waals surface area contributed by atoms with Crippen LogP contribution in [0.1, 0.15) is 19.4 Å². The summed E-state index contributed by atoms with van der Waals surface area (Å²) in [4.78, 5) is 3.83. The van der Waals surface area contributed by atoms with Crippen molar-refractivity contribution in [3.05, 3.63) is 23.9 Å². The number of aryl methyl sites for hydroxylation is 1. The molecule has 0 bridgehead atoms. The van der Waals surface area contributed by atoms with Crippen LogP contribution in [0.25, 0.3) is 0 Å². The number of hydrogen-bond donors (Lipinski definition) is 1. The maximum absolute atomic E-state index is 11.5. The Labute approximate surface area is 84.4 Å². The number of aromatic nitrogens is 1. The molecule has 0 fully saturated rings. The van der Waals surface area contributed by atoms with Gasteiger partial charge in [-0.25, -0.2) is 18.1 Å². The minimum absolute atomic E-state index is 0.0960. The van der Waals surface area contributed by atoms with E-state index in [0.29, 0.717) is 6.54 Å². The van der Waals surface area contributed by atoms with Gasteiger partial charge in [-0.05, 0) is 24.1 Å². The van der Waals surface area contributed by atoms with E-state index < -0.39 is 10.0 Å². The molecule has 0 aliphatic heterocycles. The van der Waals surface area contributed by atoms with Crippen molar-refractivity contribution in [2.45, 2.75) is 25.3 Å². The molecule has 78 valence electrons. The molecule has 0 aliphatic rings. The van der Waals surface area contributed by atoms with Crippen LogP contribution in [0.4, 0.5) is 0 Å². The number of rotatable bonds is 4. The second-order valence-corrected chi connectivity index (χ2v) is 4.57. The normalized spacial score (nSPS) is 11.6. The minimum atomic E-state index is -3.40. The van der Waals surface area contributed by atoms with Crippen molar-refractivity contribution < 1.29 is 8.42 Å². The Morgan fingerprint density at radius 1 is 1.43 bits per heavy atom. The van der Waals surface area contributed by atoms with Gasteiger partial charge < -0.3 is 0 Å². The molecule has 1 aromatic heterocycles. The smallest absolute Gasteiger partial charge is 0.243 e. The second-order valence-electron chi connectivity index (χ2n) is 2.86. The average molecular weight is 214 g/mol. The summed E-state index contributed by atoms with van der Waals surface area (Å²) in [5.74, 6) is 0. The van der Waals surface area contributed by atoms with Gasteiger partial charge in [0.05, 0.1) is 0 Å². The van der Waals surface area contributed by atoms with E-state index in [1.807, 2.05) is 13.0 Å². The summed E-state index contributed by atoms with van der Waals surface area (Å²) in [6.45, 7) is 4.08. The molecule has 0 amide bonds. The van der Waals surface area contributed by atoms with Crippen molar-refractivity contribution in [1.82, 2.24) is 9.71 Å². The first-order valence-corrected chi connectivity index (χ1v) is 6.03. The summed E-state index contributed by atoms with van der Waals surface area (Å²) in [7, 11) is -3.40. The molecule has 1 heterocycles. The average Bonchev–Trinajstić information content (AvgIpc) is 2.18. The van der Waals surface area contributed by atoms with Crippen molar-refractivity contribution in [3.8, 4) is 0 Å². The zero-order chi connectivity index (χ0) is 10.6. The van der Waals surface area contributed by atoms with E-state index in [-0.39, 0.29) is 5.03 Å². The lowest BCUT2D eigenvalue weighted by Gasteiger charge is -2.04. The Bertz CT molecular complexity index is 401. The monoisotopic (exact) mass is 214 g/mol. The van der Waals surface area contributed by atoms with E-state index in [1.165, 1.54) is 6.20 Å². The van der Waals surface area contributed by atoms with Gasteiger partial charge in [0, 0.05) is 12.7 Å². The molecule has 0 radical (unpaired) electrons. The van der Waals surface area contributed by atoms with E-state index in [4.69, 9.17) is 0 Å². The molecule has 0 saturated carbocycles. The third-order valence-corrected chi connectivity index (χ3v) is 3.26. The van der Waals surface area contributed by atoms with Crippen molar-refractivity contribution in [1.29, 1.82) is 0 Å². The summed E-state index contributed by atoms with van der Waals surface area (Å²) in [6.07, 6.45) is 2.32. The standard InChI is InChI=1S/C9H14N2O2S/c1-3-8-5-6-10-9(7-8)14(12,13)11-4-2/h5-7,11H,3-4H2,1-2H3. The number of pyridine rings is 1. The van der Waals surface area contributed by atoms with Crippen LogP contribution in [0.3, 0.4) is 0 Å². The number of sulfonamides is 1. The van der Waals surface area contributed by atoms with Gasteiger partial charge in [0.25, 0.3) is 10.0 Å². The summed E-state index contributed by atoms with van der Waals surface area (Å²) < 4.78 is 25.5. The Balaban J connectivity index is 3.07. The van der Waals surface area contributed by atoms with Crippen molar-refractivity contribution in [3.63, 3.8) is 0 Å². The molecule has 1 N–H and O–H groups in total. The van der Waals surface area contributed by atoms with E-state index >= 15 is 0 Å².